The van der Waals surface area contributed by atoms with Crippen LogP contribution in [-0.4, -0.2) is 15.9 Å². The second kappa shape index (κ2) is 5.27. The van der Waals surface area contributed by atoms with Crippen LogP contribution in [-0.2, 0) is 11.3 Å². The van der Waals surface area contributed by atoms with Crippen LogP contribution in [0.15, 0.2) is 36.5 Å². The van der Waals surface area contributed by atoms with Crippen LogP contribution in [0.1, 0.15) is 21.7 Å². The SMILES string of the molecule is Cc1cnc(C(=O)OCc2ccccc2)c(N)n1. The van der Waals surface area contributed by atoms with Gasteiger partial charge in [-0.3, -0.25) is 0 Å². The van der Waals surface area contributed by atoms with Crippen LogP contribution >= 0.6 is 0 Å². The van der Waals surface area contributed by atoms with Crippen LogP contribution in [0.2, 0.25) is 0 Å². The van der Waals surface area contributed by atoms with Gasteiger partial charge in [0, 0.05) is 6.20 Å². The van der Waals surface area contributed by atoms with Gasteiger partial charge in [0.15, 0.2) is 11.5 Å². The van der Waals surface area contributed by atoms with Gasteiger partial charge >= 0.3 is 5.97 Å². The number of ether oxygens (including phenoxy) is 1. The Kier molecular flexibility index (Phi) is 3.52. The number of esters is 1. The van der Waals surface area contributed by atoms with E-state index >= 15 is 0 Å². The number of nitrogen functional groups attached to an aromatic ring is 1. The van der Waals surface area contributed by atoms with E-state index in [1.807, 2.05) is 30.3 Å². The largest absolute Gasteiger partial charge is 0.456 e. The fraction of sp³-hybridized carbons (Fsp3) is 0.154. The highest BCUT2D eigenvalue weighted by Crippen LogP contribution is 2.09. The lowest BCUT2D eigenvalue weighted by Gasteiger charge is -2.06. The zero-order chi connectivity index (χ0) is 13.0. The van der Waals surface area contributed by atoms with Gasteiger partial charge in [-0.15, -0.1) is 0 Å². The number of aromatic nitrogens is 2. The lowest BCUT2D eigenvalue weighted by molar-refractivity contribution is 0.0466. The first kappa shape index (κ1) is 12.0. The molecule has 2 N–H and O–H groups in total. The van der Waals surface area contributed by atoms with Crippen molar-refractivity contribution in [3.8, 4) is 0 Å². The Labute approximate surface area is 105 Å². The average molecular weight is 243 g/mol. The smallest absolute Gasteiger partial charge is 0.361 e. The predicted octanol–water partition coefficient (Wildman–Crippen LogP) is 1.72. The summed E-state index contributed by atoms with van der Waals surface area (Å²) in [6.07, 6.45) is 1.48. The van der Waals surface area contributed by atoms with Gasteiger partial charge in [-0.2, -0.15) is 0 Å². The third-order valence-corrected chi connectivity index (χ3v) is 2.33. The van der Waals surface area contributed by atoms with E-state index < -0.39 is 5.97 Å². The molecule has 0 saturated heterocycles. The quantitative estimate of drug-likeness (QED) is 0.830. The molecule has 0 bridgehead atoms. The summed E-state index contributed by atoms with van der Waals surface area (Å²) < 4.78 is 5.11. The predicted molar refractivity (Wildman–Crippen MR) is 66.7 cm³/mol. The molecule has 0 unspecified atom stereocenters. The average Bonchev–Trinajstić information content (AvgIpc) is 2.37. The van der Waals surface area contributed by atoms with E-state index in [4.69, 9.17) is 10.5 Å². The molecule has 0 atom stereocenters. The van der Waals surface area contributed by atoms with Crippen molar-refractivity contribution in [3.63, 3.8) is 0 Å². The number of hydrogen-bond donors (Lipinski definition) is 1. The topological polar surface area (TPSA) is 78.1 Å². The molecule has 0 fully saturated rings. The maximum atomic E-state index is 11.7. The Morgan fingerprint density at radius 3 is 2.72 bits per heavy atom. The molecular weight excluding hydrogens is 230 g/mol. The molecule has 0 amide bonds. The van der Waals surface area contributed by atoms with Crippen molar-refractivity contribution in [1.82, 2.24) is 9.97 Å². The maximum Gasteiger partial charge on any atom is 0.361 e. The van der Waals surface area contributed by atoms with Crippen molar-refractivity contribution < 1.29 is 9.53 Å². The monoisotopic (exact) mass is 243 g/mol. The number of hydrogen-bond acceptors (Lipinski definition) is 5. The summed E-state index contributed by atoms with van der Waals surface area (Å²) in [7, 11) is 0. The normalized spacial score (nSPS) is 10.1. The molecule has 2 aromatic rings. The van der Waals surface area contributed by atoms with Crippen molar-refractivity contribution in [3.05, 3.63) is 53.5 Å². The number of rotatable bonds is 3. The standard InChI is InChI=1S/C13H13N3O2/c1-9-7-15-11(12(14)16-9)13(17)18-8-10-5-3-2-4-6-10/h2-7H,8H2,1H3,(H2,14,16). The molecule has 0 aliphatic heterocycles. The lowest BCUT2D eigenvalue weighted by atomic mass is 10.2. The van der Waals surface area contributed by atoms with E-state index in [2.05, 4.69) is 9.97 Å². The number of carbonyl (C=O) groups excluding carboxylic acids is 1. The summed E-state index contributed by atoms with van der Waals surface area (Å²) in [4.78, 5) is 19.6. The summed E-state index contributed by atoms with van der Waals surface area (Å²) >= 11 is 0. The zero-order valence-electron chi connectivity index (χ0n) is 9.96. The number of benzene rings is 1. The highest BCUT2D eigenvalue weighted by Gasteiger charge is 2.14. The van der Waals surface area contributed by atoms with Crippen LogP contribution in [0.25, 0.3) is 0 Å². The first-order chi connectivity index (χ1) is 8.66. The molecule has 5 nitrogen and oxygen atoms in total. The van der Waals surface area contributed by atoms with E-state index in [0.717, 1.165) is 5.56 Å². The van der Waals surface area contributed by atoms with Crippen molar-refractivity contribution in [2.75, 3.05) is 5.73 Å². The van der Waals surface area contributed by atoms with Crippen LogP contribution in [0.5, 0.6) is 0 Å². The third kappa shape index (κ3) is 2.82. The molecular formula is C13H13N3O2. The summed E-state index contributed by atoms with van der Waals surface area (Å²) in [6.45, 7) is 1.94. The molecule has 5 heteroatoms. The molecule has 1 aromatic heterocycles. The fourth-order valence-electron chi connectivity index (χ4n) is 1.44. The first-order valence-electron chi connectivity index (χ1n) is 5.47. The van der Waals surface area contributed by atoms with E-state index in [-0.39, 0.29) is 18.1 Å². The molecule has 2 rings (SSSR count). The number of anilines is 1. The Hall–Kier alpha value is -2.43. The Morgan fingerprint density at radius 2 is 2.06 bits per heavy atom. The van der Waals surface area contributed by atoms with Gasteiger partial charge in [-0.25, -0.2) is 14.8 Å². The van der Waals surface area contributed by atoms with Gasteiger partial charge in [0.1, 0.15) is 6.61 Å². The first-order valence-corrected chi connectivity index (χ1v) is 5.47. The molecule has 0 saturated carbocycles. The Bertz CT molecular complexity index is 555. The van der Waals surface area contributed by atoms with Gasteiger partial charge in [-0.1, -0.05) is 30.3 Å². The number of nitrogens with two attached hydrogens (primary N) is 1. The number of nitrogens with zero attached hydrogens (tertiary/aromatic N) is 2. The van der Waals surface area contributed by atoms with Crippen LogP contribution in [0, 0.1) is 6.92 Å². The summed E-state index contributed by atoms with van der Waals surface area (Å²) in [5.74, 6) is -0.475. The van der Waals surface area contributed by atoms with E-state index in [0.29, 0.717) is 5.69 Å². The highest BCUT2D eigenvalue weighted by molar-refractivity contribution is 5.91. The van der Waals surface area contributed by atoms with Crippen LogP contribution in [0.4, 0.5) is 5.82 Å². The second-order valence-corrected chi connectivity index (χ2v) is 3.81. The molecule has 0 spiro atoms. The van der Waals surface area contributed by atoms with Gasteiger partial charge in [0.2, 0.25) is 0 Å². The molecule has 1 aromatic carbocycles. The minimum absolute atomic E-state index is 0.0523. The minimum Gasteiger partial charge on any atom is -0.456 e. The highest BCUT2D eigenvalue weighted by atomic mass is 16.5. The third-order valence-electron chi connectivity index (χ3n) is 2.33. The van der Waals surface area contributed by atoms with Gasteiger partial charge in [0.05, 0.1) is 5.69 Å². The summed E-state index contributed by atoms with van der Waals surface area (Å²) in [5, 5.41) is 0. The Morgan fingerprint density at radius 1 is 1.33 bits per heavy atom. The molecule has 18 heavy (non-hydrogen) atoms. The van der Waals surface area contributed by atoms with Gasteiger partial charge < -0.3 is 10.5 Å². The van der Waals surface area contributed by atoms with Crippen molar-refractivity contribution in [2.24, 2.45) is 0 Å². The summed E-state index contributed by atoms with van der Waals surface area (Å²) in [5.41, 5.74) is 7.24. The molecule has 0 aliphatic carbocycles. The second-order valence-electron chi connectivity index (χ2n) is 3.81. The van der Waals surface area contributed by atoms with Crippen molar-refractivity contribution >= 4 is 11.8 Å². The maximum absolute atomic E-state index is 11.7. The minimum atomic E-state index is -0.566. The number of carbonyl (C=O) groups is 1. The van der Waals surface area contributed by atoms with E-state index in [9.17, 15) is 4.79 Å². The molecule has 1 heterocycles. The van der Waals surface area contributed by atoms with Crippen LogP contribution in [0.3, 0.4) is 0 Å². The van der Waals surface area contributed by atoms with Crippen molar-refractivity contribution in [1.29, 1.82) is 0 Å². The van der Waals surface area contributed by atoms with Gasteiger partial charge in [0.25, 0.3) is 0 Å². The number of aryl methyl sites for hydroxylation is 1. The Balaban J connectivity index is 2.04. The van der Waals surface area contributed by atoms with E-state index in [1.54, 1.807) is 6.92 Å². The summed E-state index contributed by atoms with van der Waals surface area (Å²) in [6, 6.07) is 9.40. The van der Waals surface area contributed by atoms with E-state index in [1.165, 1.54) is 6.20 Å². The van der Waals surface area contributed by atoms with Crippen molar-refractivity contribution in [2.45, 2.75) is 13.5 Å². The fourth-order valence-corrected chi connectivity index (χ4v) is 1.44. The molecule has 0 radical (unpaired) electrons. The molecule has 0 aliphatic rings. The molecule has 92 valence electrons. The van der Waals surface area contributed by atoms with Crippen LogP contribution < -0.4 is 5.73 Å². The lowest BCUT2D eigenvalue weighted by Crippen LogP contribution is -2.12. The zero-order valence-corrected chi connectivity index (χ0v) is 9.96. The van der Waals surface area contributed by atoms with Gasteiger partial charge in [-0.05, 0) is 12.5 Å².